The Morgan fingerprint density at radius 1 is 1.06 bits per heavy atom. The molecule has 0 spiro atoms. The van der Waals surface area contributed by atoms with Gasteiger partial charge in [-0.3, -0.25) is 14.4 Å². The van der Waals surface area contributed by atoms with Crippen molar-refractivity contribution in [1.82, 2.24) is 4.90 Å². The van der Waals surface area contributed by atoms with Gasteiger partial charge in [0.1, 0.15) is 11.4 Å². The van der Waals surface area contributed by atoms with Crippen LogP contribution in [-0.2, 0) is 11.3 Å². The number of ether oxygens (including phenoxy) is 1. The minimum atomic E-state index is -0.684. The highest BCUT2D eigenvalue weighted by atomic mass is 16.5. The number of hydrogen-bond donors (Lipinski definition) is 3. The van der Waals surface area contributed by atoms with Gasteiger partial charge >= 0.3 is 0 Å². The molecule has 0 saturated heterocycles. The van der Waals surface area contributed by atoms with Crippen molar-refractivity contribution in [3.8, 4) is 5.75 Å². The summed E-state index contributed by atoms with van der Waals surface area (Å²) in [6, 6.07) is 14.2. The van der Waals surface area contributed by atoms with Crippen LogP contribution in [0.1, 0.15) is 32.1 Å². The number of nitrogens with one attached hydrogen (secondary N) is 2. The van der Waals surface area contributed by atoms with Crippen LogP contribution in [0.5, 0.6) is 5.75 Å². The summed E-state index contributed by atoms with van der Waals surface area (Å²) in [5, 5.41) is 16.4. The van der Waals surface area contributed by atoms with Gasteiger partial charge in [0.15, 0.2) is 5.75 Å². The summed E-state index contributed by atoms with van der Waals surface area (Å²) in [6.45, 7) is 2.74. The smallest absolute Gasteiger partial charge is 0.257 e. The largest absolute Gasteiger partial charge is 0.505 e. The third-order valence-corrected chi connectivity index (χ3v) is 5.11. The molecule has 8 heteroatoms. The van der Waals surface area contributed by atoms with E-state index in [-0.39, 0.29) is 43.2 Å². The molecule has 1 amide bonds. The summed E-state index contributed by atoms with van der Waals surface area (Å²) in [5.41, 5.74) is 0.192. The lowest BCUT2D eigenvalue weighted by Crippen LogP contribution is -2.40. The molecule has 1 atom stereocenters. The molecule has 0 bridgehead atoms. The number of anilines is 3. The van der Waals surface area contributed by atoms with Crippen LogP contribution in [-0.4, -0.2) is 42.7 Å². The Balaban J connectivity index is 0.00000289. The number of aromatic hydroxyl groups is 1. The fourth-order valence-electron chi connectivity index (χ4n) is 3.20. The fourth-order valence-corrected chi connectivity index (χ4v) is 3.20. The maximum Gasteiger partial charge on any atom is 0.257 e. The standard InChI is InChI=1S/C24H27N3O5.2H2/c1-4-16(14-32-13-15-9-6-5-7-10-15)25-19-20(23(30)22(19)29)26-18-12-8-11-17(21(18)28)24(31)27(2)3;;/h5-12,16,25-26,28H,4,13-14H2,1-3H3;2*1H/t16-;;/m1../s1. The van der Waals surface area contributed by atoms with Crippen molar-refractivity contribution in [1.29, 1.82) is 0 Å². The minimum absolute atomic E-state index is 0. The van der Waals surface area contributed by atoms with Gasteiger partial charge in [-0.25, -0.2) is 0 Å². The second-order valence-electron chi connectivity index (χ2n) is 7.68. The number of amides is 1. The zero-order valence-electron chi connectivity index (χ0n) is 18.3. The third-order valence-electron chi connectivity index (χ3n) is 5.11. The highest BCUT2D eigenvalue weighted by Gasteiger charge is 2.25. The average Bonchev–Trinajstić information content (AvgIpc) is 2.80. The molecule has 3 rings (SSSR count). The molecular formula is C24H31N3O5. The van der Waals surface area contributed by atoms with Crippen LogP contribution in [0, 0.1) is 0 Å². The summed E-state index contributed by atoms with van der Waals surface area (Å²) in [5.74, 6) is -0.667. The Bertz CT molecular complexity index is 1160. The Morgan fingerprint density at radius 3 is 2.41 bits per heavy atom. The molecule has 3 N–H and O–H groups in total. The van der Waals surface area contributed by atoms with E-state index in [4.69, 9.17) is 4.74 Å². The first kappa shape index (κ1) is 23.0. The van der Waals surface area contributed by atoms with Crippen molar-refractivity contribution in [2.24, 2.45) is 0 Å². The van der Waals surface area contributed by atoms with Gasteiger partial charge in [0, 0.05) is 23.0 Å². The first-order chi connectivity index (χ1) is 15.3. The van der Waals surface area contributed by atoms with Crippen molar-refractivity contribution in [2.75, 3.05) is 31.3 Å². The van der Waals surface area contributed by atoms with Gasteiger partial charge in [0.25, 0.3) is 16.8 Å². The summed E-state index contributed by atoms with van der Waals surface area (Å²) in [4.78, 5) is 37.9. The first-order valence-electron chi connectivity index (χ1n) is 10.4. The molecule has 32 heavy (non-hydrogen) atoms. The number of phenolic OH excluding ortho intramolecular Hbond substituents is 1. The van der Waals surface area contributed by atoms with Crippen LogP contribution in [0.15, 0.2) is 58.1 Å². The lowest BCUT2D eigenvalue weighted by molar-refractivity contribution is 0.0824. The van der Waals surface area contributed by atoms with Crippen LogP contribution in [0.3, 0.4) is 0 Å². The average molecular weight is 442 g/mol. The van der Waals surface area contributed by atoms with E-state index >= 15 is 0 Å². The lowest BCUT2D eigenvalue weighted by Gasteiger charge is -2.22. The predicted octanol–water partition coefficient (Wildman–Crippen LogP) is 3.33. The number of carbonyl (C=O) groups excluding carboxylic acids is 1. The SMILES string of the molecule is CC[C@H](COCc1ccccc1)Nc1c(Nc2cccc(C(=O)N(C)C)c2O)c(=O)c1=O.[HH].[HH]. The quantitative estimate of drug-likeness (QED) is 0.327. The van der Waals surface area contributed by atoms with Crippen LogP contribution in [0.25, 0.3) is 0 Å². The summed E-state index contributed by atoms with van der Waals surface area (Å²) >= 11 is 0. The number of hydrogen-bond acceptors (Lipinski definition) is 7. The number of phenols is 1. The van der Waals surface area contributed by atoms with Crippen molar-refractivity contribution in [3.63, 3.8) is 0 Å². The van der Waals surface area contributed by atoms with E-state index < -0.39 is 10.9 Å². The number of rotatable bonds is 10. The van der Waals surface area contributed by atoms with E-state index in [2.05, 4.69) is 10.6 Å². The third kappa shape index (κ3) is 4.97. The molecule has 172 valence electrons. The van der Waals surface area contributed by atoms with E-state index in [1.165, 1.54) is 17.0 Å². The molecule has 0 aliphatic rings. The minimum Gasteiger partial charge on any atom is -0.505 e. The van der Waals surface area contributed by atoms with E-state index in [1.807, 2.05) is 37.3 Å². The molecule has 0 saturated carbocycles. The van der Waals surface area contributed by atoms with Gasteiger partial charge in [-0.2, -0.15) is 0 Å². The Kier molecular flexibility index (Phi) is 7.27. The summed E-state index contributed by atoms with van der Waals surface area (Å²) in [7, 11) is 3.15. The highest BCUT2D eigenvalue weighted by molar-refractivity contribution is 5.99. The number of para-hydroxylation sites is 1. The molecule has 8 nitrogen and oxygen atoms in total. The molecule has 0 aromatic heterocycles. The van der Waals surface area contributed by atoms with Crippen LogP contribution in [0.2, 0.25) is 0 Å². The van der Waals surface area contributed by atoms with E-state index in [1.54, 1.807) is 20.2 Å². The van der Waals surface area contributed by atoms with Crippen molar-refractivity contribution >= 4 is 23.0 Å². The van der Waals surface area contributed by atoms with Gasteiger partial charge in [0.2, 0.25) is 0 Å². The Labute approximate surface area is 189 Å². The van der Waals surface area contributed by atoms with Crippen LogP contribution in [0.4, 0.5) is 17.1 Å². The topological polar surface area (TPSA) is 108 Å². The maximum absolute atomic E-state index is 12.2. The maximum atomic E-state index is 12.2. The molecule has 0 aliphatic heterocycles. The molecule has 0 fully saturated rings. The normalized spacial score (nSPS) is 11.8. The van der Waals surface area contributed by atoms with Crippen LogP contribution >= 0.6 is 0 Å². The fraction of sp³-hybridized carbons (Fsp3) is 0.292. The Morgan fingerprint density at radius 2 is 1.75 bits per heavy atom. The highest BCUT2D eigenvalue weighted by Crippen LogP contribution is 2.32. The monoisotopic (exact) mass is 441 g/mol. The second kappa shape index (κ2) is 10.1. The molecule has 3 aromatic carbocycles. The van der Waals surface area contributed by atoms with Crippen LogP contribution < -0.4 is 21.5 Å². The molecule has 3 aromatic rings. The van der Waals surface area contributed by atoms with Gasteiger partial charge in [-0.05, 0) is 24.1 Å². The zero-order valence-corrected chi connectivity index (χ0v) is 18.3. The first-order valence-corrected chi connectivity index (χ1v) is 10.4. The van der Waals surface area contributed by atoms with Crippen molar-refractivity contribution < 1.29 is 17.5 Å². The molecule has 0 aliphatic carbocycles. The second-order valence-corrected chi connectivity index (χ2v) is 7.68. The number of benzene rings is 2. The summed E-state index contributed by atoms with van der Waals surface area (Å²) < 4.78 is 5.76. The molecule has 0 radical (unpaired) electrons. The predicted molar refractivity (Wildman–Crippen MR) is 129 cm³/mol. The van der Waals surface area contributed by atoms with Gasteiger partial charge in [-0.1, -0.05) is 43.3 Å². The van der Waals surface area contributed by atoms with E-state index in [0.717, 1.165) is 5.56 Å². The van der Waals surface area contributed by atoms with Gasteiger partial charge < -0.3 is 25.4 Å². The van der Waals surface area contributed by atoms with Crippen molar-refractivity contribution in [2.45, 2.75) is 26.0 Å². The lowest BCUT2D eigenvalue weighted by atomic mass is 10.1. The molecule has 0 heterocycles. The Hall–Kier alpha value is -3.65. The molecular weight excluding hydrogens is 410 g/mol. The van der Waals surface area contributed by atoms with Crippen molar-refractivity contribution in [3.05, 3.63) is 80.1 Å². The number of carbonyl (C=O) groups is 1. The van der Waals surface area contributed by atoms with Gasteiger partial charge in [-0.15, -0.1) is 0 Å². The van der Waals surface area contributed by atoms with Gasteiger partial charge in [0.05, 0.1) is 24.5 Å². The van der Waals surface area contributed by atoms with E-state index in [9.17, 15) is 19.5 Å². The molecule has 0 unspecified atom stereocenters. The number of nitrogens with zero attached hydrogens (tertiary/aromatic N) is 1. The zero-order chi connectivity index (χ0) is 23.3. The van der Waals surface area contributed by atoms with E-state index in [0.29, 0.717) is 19.6 Å². The summed E-state index contributed by atoms with van der Waals surface area (Å²) in [6.07, 6.45) is 0.672.